The Labute approximate surface area is 97.0 Å². The number of nitro benzene ring substituents is 1. The third-order valence-electron chi connectivity index (χ3n) is 2.44. The molecule has 0 amide bonds. The predicted octanol–water partition coefficient (Wildman–Crippen LogP) is 1.59. The topological polar surface area (TPSA) is 85.0 Å². The number of benzene rings is 1. The first kappa shape index (κ1) is 11.3. The van der Waals surface area contributed by atoms with Gasteiger partial charge in [-0.2, -0.15) is 0 Å². The SMILES string of the molecule is C=C[C@]1(O)CC(c2cccc([N+](=O)[O-])c2)=NO1. The number of aliphatic hydroxyl groups is 1. The van der Waals surface area contributed by atoms with E-state index < -0.39 is 10.7 Å². The van der Waals surface area contributed by atoms with Crippen LogP contribution in [0.2, 0.25) is 0 Å². The largest absolute Gasteiger partial charge is 0.355 e. The van der Waals surface area contributed by atoms with Gasteiger partial charge in [0.1, 0.15) is 0 Å². The lowest BCUT2D eigenvalue weighted by Crippen LogP contribution is -2.25. The van der Waals surface area contributed by atoms with Crippen molar-refractivity contribution in [2.75, 3.05) is 0 Å². The molecule has 1 atom stereocenters. The van der Waals surface area contributed by atoms with Gasteiger partial charge in [0.2, 0.25) is 0 Å². The van der Waals surface area contributed by atoms with Gasteiger partial charge in [-0.15, -0.1) is 0 Å². The Morgan fingerprint density at radius 3 is 3.00 bits per heavy atom. The first-order valence-corrected chi connectivity index (χ1v) is 4.90. The van der Waals surface area contributed by atoms with E-state index in [9.17, 15) is 15.2 Å². The van der Waals surface area contributed by atoms with Crippen LogP contribution in [0, 0.1) is 10.1 Å². The molecule has 1 heterocycles. The van der Waals surface area contributed by atoms with Crippen molar-refractivity contribution in [1.82, 2.24) is 0 Å². The quantitative estimate of drug-likeness (QED) is 0.489. The molecule has 6 nitrogen and oxygen atoms in total. The van der Waals surface area contributed by atoms with E-state index in [-0.39, 0.29) is 12.1 Å². The number of oxime groups is 1. The van der Waals surface area contributed by atoms with Crippen molar-refractivity contribution in [3.8, 4) is 0 Å². The van der Waals surface area contributed by atoms with Crippen molar-refractivity contribution >= 4 is 11.4 Å². The molecule has 1 aliphatic rings. The number of nitro groups is 1. The smallest absolute Gasteiger partial charge is 0.270 e. The third kappa shape index (κ3) is 2.16. The van der Waals surface area contributed by atoms with Crippen LogP contribution in [0.5, 0.6) is 0 Å². The van der Waals surface area contributed by atoms with E-state index in [1.165, 1.54) is 18.2 Å². The zero-order valence-electron chi connectivity index (χ0n) is 8.87. The van der Waals surface area contributed by atoms with E-state index in [1.54, 1.807) is 12.1 Å². The molecule has 0 saturated heterocycles. The first-order valence-electron chi connectivity index (χ1n) is 4.90. The van der Waals surface area contributed by atoms with Crippen LogP contribution in [-0.4, -0.2) is 21.5 Å². The van der Waals surface area contributed by atoms with Crippen molar-refractivity contribution in [2.24, 2.45) is 5.16 Å². The van der Waals surface area contributed by atoms with E-state index in [1.807, 2.05) is 0 Å². The van der Waals surface area contributed by atoms with E-state index in [0.717, 1.165) is 0 Å². The second-order valence-electron chi connectivity index (χ2n) is 3.66. The minimum atomic E-state index is -1.51. The molecule has 0 fully saturated rings. The first-order chi connectivity index (χ1) is 8.04. The van der Waals surface area contributed by atoms with Gasteiger partial charge in [-0.1, -0.05) is 23.9 Å². The van der Waals surface area contributed by atoms with E-state index in [2.05, 4.69) is 11.7 Å². The minimum Gasteiger partial charge on any atom is -0.355 e. The molecule has 6 heteroatoms. The van der Waals surface area contributed by atoms with Crippen LogP contribution >= 0.6 is 0 Å². The second-order valence-corrected chi connectivity index (χ2v) is 3.66. The summed E-state index contributed by atoms with van der Waals surface area (Å²) in [5.41, 5.74) is 0.979. The molecule has 0 unspecified atom stereocenters. The molecule has 2 rings (SSSR count). The highest BCUT2D eigenvalue weighted by molar-refractivity contribution is 6.02. The lowest BCUT2D eigenvalue weighted by atomic mass is 10.0. The fraction of sp³-hybridized carbons (Fsp3) is 0.182. The molecule has 88 valence electrons. The highest BCUT2D eigenvalue weighted by Crippen LogP contribution is 2.26. The lowest BCUT2D eigenvalue weighted by Gasteiger charge is -2.13. The van der Waals surface area contributed by atoms with Gasteiger partial charge >= 0.3 is 0 Å². The highest BCUT2D eigenvalue weighted by atomic mass is 16.7. The molecule has 1 aliphatic heterocycles. The van der Waals surface area contributed by atoms with E-state index >= 15 is 0 Å². The molecule has 0 aliphatic carbocycles. The molecule has 0 spiro atoms. The maximum absolute atomic E-state index is 10.6. The van der Waals surface area contributed by atoms with Crippen molar-refractivity contribution < 1.29 is 14.9 Å². The number of nitrogens with zero attached hydrogens (tertiary/aromatic N) is 2. The number of non-ortho nitro benzene ring substituents is 1. The van der Waals surface area contributed by atoms with Gasteiger partial charge in [0.25, 0.3) is 11.5 Å². The van der Waals surface area contributed by atoms with Crippen LogP contribution in [0.1, 0.15) is 12.0 Å². The zero-order chi connectivity index (χ0) is 12.5. The highest BCUT2D eigenvalue weighted by Gasteiger charge is 2.34. The maximum atomic E-state index is 10.6. The summed E-state index contributed by atoms with van der Waals surface area (Å²) in [5.74, 6) is -1.51. The Morgan fingerprint density at radius 2 is 2.41 bits per heavy atom. The number of hydrogen-bond acceptors (Lipinski definition) is 5. The summed E-state index contributed by atoms with van der Waals surface area (Å²) >= 11 is 0. The number of hydrogen-bond donors (Lipinski definition) is 1. The van der Waals surface area contributed by atoms with Crippen LogP contribution in [0.3, 0.4) is 0 Å². The molecular weight excluding hydrogens is 224 g/mol. The summed E-state index contributed by atoms with van der Waals surface area (Å²) in [7, 11) is 0. The average Bonchev–Trinajstić information content (AvgIpc) is 2.73. The molecular formula is C11H10N2O4. The van der Waals surface area contributed by atoms with Crippen molar-refractivity contribution in [1.29, 1.82) is 0 Å². The van der Waals surface area contributed by atoms with Gasteiger partial charge in [-0.25, -0.2) is 0 Å². The normalized spacial score (nSPS) is 22.8. The standard InChI is InChI=1S/C11H10N2O4/c1-2-11(14)7-10(12-17-11)8-4-3-5-9(6-8)13(15)16/h2-6,14H,1,7H2/t11-/m1/s1. The van der Waals surface area contributed by atoms with Gasteiger partial charge in [-0.05, 0) is 6.08 Å². The van der Waals surface area contributed by atoms with E-state index in [0.29, 0.717) is 11.3 Å². The number of rotatable bonds is 3. The summed E-state index contributed by atoms with van der Waals surface area (Å²) in [4.78, 5) is 14.9. The molecule has 0 radical (unpaired) electrons. The summed E-state index contributed by atoms with van der Waals surface area (Å²) < 4.78 is 0. The minimum absolute atomic E-state index is 0.0285. The van der Waals surface area contributed by atoms with Crippen LogP contribution in [0.15, 0.2) is 42.1 Å². The molecule has 1 N–H and O–H groups in total. The Bertz CT molecular complexity index is 512. The van der Waals surface area contributed by atoms with Gasteiger partial charge in [-0.3, -0.25) is 10.1 Å². The van der Waals surface area contributed by atoms with Gasteiger partial charge < -0.3 is 9.94 Å². The lowest BCUT2D eigenvalue weighted by molar-refractivity contribution is -0.384. The predicted molar refractivity (Wildman–Crippen MR) is 60.5 cm³/mol. The fourth-order valence-electron chi connectivity index (χ4n) is 1.50. The summed E-state index contributed by atoms with van der Waals surface area (Å²) in [5, 5.41) is 24.0. The summed E-state index contributed by atoms with van der Waals surface area (Å²) in [6, 6.07) is 6.00. The van der Waals surface area contributed by atoms with Gasteiger partial charge in [0.15, 0.2) is 0 Å². The summed E-state index contributed by atoms with van der Waals surface area (Å²) in [6.45, 7) is 3.43. The zero-order valence-corrected chi connectivity index (χ0v) is 8.87. The van der Waals surface area contributed by atoms with Crippen molar-refractivity contribution in [3.05, 3.63) is 52.6 Å². The Morgan fingerprint density at radius 1 is 1.65 bits per heavy atom. The molecule has 17 heavy (non-hydrogen) atoms. The van der Waals surface area contributed by atoms with Crippen LogP contribution in [0.25, 0.3) is 0 Å². The molecule has 1 aromatic carbocycles. The third-order valence-corrected chi connectivity index (χ3v) is 2.44. The fourth-order valence-corrected chi connectivity index (χ4v) is 1.50. The monoisotopic (exact) mass is 234 g/mol. The van der Waals surface area contributed by atoms with Crippen LogP contribution in [0.4, 0.5) is 5.69 Å². The van der Waals surface area contributed by atoms with E-state index in [4.69, 9.17) is 4.84 Å². The van der Waals surface area contributed by atoms with Crippen molar-refractivity contribution in [2.45, 2.75) is 12.2 Å². The Hall–Kier alpha value is -2.21. The second kappa shape index (κ2) is 3.99. The molecule has 0 saturated carbocycles. The molecule has 1 aromatic rings. The molecule has 0 aromatic heterocycles. The van der Waals surface area contributed by atoms with Gasteiger partial charge in [0.05, 0.1) is 17.1 Å². The Balaban J connectivity index is 2.28. The maximum Gasteiger partial charge on any atom is 0.270 e. The average molecular weight is 234 g/mol. The van der Waals surface area contributed by atoms with Crippen LogP contribution < -0.4 is 0 Å². The van der Waals surface area contributed by atoms with Crippen LogP contribution in [-0.2, 0) is 4.84 Å². The van der Waals surface area contributed by atoms with Gasteiger partial charge in [0, 0.05) is 17.7 Å². The molecule has 0 bridgehead atoms. The van der Waals surface area contributed by atoms with Crippen molar-refractivity contribution in [3.63, 3.8) is 0 Å². The Kier molecular flexibility index (Phi) is 2.64. The summed E-state index contributed by atoms with van der Waals surface area (Å²) in [6.07, 6.45) is 1.36.